The van der Waals surface area contributed by atoms with Crippen molar-refractivity contribution in [2.45, 2.75) is 31.2 Å². The van der Waals surface area contributed by atoms with Gasteiger partial charge in [0.05, 0.1) is 11.7 Å². The average Bonchev–Trinajstić information content (AvgIpc) is 3.03. The zero-order chi connectivity index (χ0) is 18.3. The van der Waals surface area contributed by atoms with E-state index < -0.39 is 5.38 Å². The van der Waals surface area contributed by atoms with E-state index in [4.69, 9.17) is 11.6 Å². The molecule has 2 aromatic carbocycles. The smallest absolute Gasteiger partial charge is 0.243 e. The molecule has 0 aliphatic carbocycles. The van der Waals surface area contributed by atoms with Gasteiger partial charge in [-0.1, -0.05) is 59.6 Å². The number of nitrogens with zero attached hydrogens (tertiary/aromatic N) is 1. The van der Waals surface area contributed by atoms with Gasteiger partial charge in [-0.3, -0.25) is 4.79 Å². The lowest BCUT2D eigenvalue weighted by Crippen LogP contribution is -2.56. The highest BCUT2D eigenvalue weighted by Crippen LogP contribution is 2.46. The van der Waals surface area contributed by atoms with Crippen LogP contribution in [0.15, 0.2) is 53.0 Å². The number of fused-ring (bicyclic) bond motifs is 1. The number of halogens is 2. The van der Waals surface area contributed by atoms with Crippen molar-refractivity contribution in [3.63, 3.8) is 0 Å². The summed E-state index contributed by atoms with van der Waals surface area (Å²) in [5.74, 6) is 0.0390. The molecule has 0 bridgehead atoms. The molecule has 2 atom stereocenters. The van der Waals surface area contributed by atoms with E-state index in [0.717, 1.165) is 51.6 Å². The summed E-state index contributed by atoms with van der Waals surface area (Å²) in [6.07, 6.45) is 2.04. The van der Waals surface area contributed by atoms with Crippen LogP contribution in [0.25, 0.3) is 22.2 Å². The zero-order valence-electron chi connectivity index (χ0n) is 14.5. The molecule has 0 radical (unpaired) electrons. The molecular formula is C21H20BrClN2O. The molecule has 1 saturated heterocycles. The maximum absolute atomic E-state index is 12.4. The zero-order valence-corrected chi connectivity index (χ0v) is 16.8. The van der Waals surface area contributed by atoms with E-state index >= 15 is 0 Å². The van der Waals surface area contributed by atoms with Crippen molar-refractivity contribution in [1.82, 2.24) is 9.88 Å². The molecule has 1 amide bonds. The van der Waals surface area contributed by atoms with E-state index in [1.54, 1.807) is 0 Å². The number of likely N-dealkylation sites (tertiary alicyclic amines) is 1. The molecule has 1 fully saturated rings. The SMILES string of the molecule is CCCCN1C(=O)[C@H](Cl)[C@H]1c1c(-c2ccc(Br)cc2)[nH]c2ccccc12. The summed E-state index contributed by atoms with van der Waals surface area (Å²) in [6.45, 7) is 2.89. The van der Waals surface area contributed by atoms with E-state index in [1.807, 2.05) is 29.2 Å². The predicted molar refractivity (Wildman–Crippen MR) is 110 cm³/mol. The number of para-hydroxylation sites is 1. The summed E-state index contributed by atoms with van der Waals surface area (Å²) in [4.78, 5) is 17.9. The van der Waals surface area contributed by atoms with Gasteiger partial charge in [-0.15, -0.1) is 11.6 Å². The third kappa shape index (κ3) is 2.85. The van der Waals surface area contributed by atoms with Crippen LogP contribution in [0.1, 0.15) is 31.4 Å². The van der Waals surface area contributed by atoms with Crippen LogP contribution in [0, 0.1) is 0 Å². The fourth-order valence-corrected chi connectivity index (χ4v) is 4.35. The van der Waals surface area contributed by atoms with Crippen molar-refractivity contribution in [3.05, 3.63) is 58.6 Å². The Morgan fingerprint density at radius 2 is 1.88 bits per heavy atom. The summed E-state index contributed by atoms with van der Waals surface area (Å²) in [7, 11) is 0. The number of aromatic nitrogens is 1. The second kappa shape index (κ2) is 7.09. The molecule has 0 unspecified atom stereocenters. The van der Waals surface area contributed by atoms with Crippen molar-refractivity contribution < 1.29 is 4.79 Å². The first-order valence-electron chi connectivity index (χ1n) is 8.93. The van der Waals surface area contributed by atoms with Gasteiger partial charge in [-0.25, -0.2) is 0 Å². The number of β-lactam (4-membered cyclic amide) rings is 1. The van der Waals surface area contributed by atoms with Crippen LogP contribution in [0.5, 0.6) is 0 Å². The Hall–Kier alpha value is -1.78. The normalized spacial score (nSPS) is 19.8. The maximum atomic E-state index is 12.4. The molecule has 3 aromatic rings. The second-order valence-electron chi connectivity index (χ2n) is 6.70. The van der Waals surface area contributed by atoms with E-state index in [2.05, 4.69) is 52.1 Å². The molecule has 2 heterocycles. The Morgan fingerprint density at radius 3 is 2.62 bits per heavy atom. The van der Waals surface area contributed by atoms with Gasteiger partial charge < -0.3 is 9.88 Å². The number of H-pyrrole nitrogens is 1. The van der Waals surface area contributed by atoms with Crippen molar-refractivity contribution in [2.75, 3.05) is 6.54 Å². The van der Waals surface area contributed by atoms with Crippen LogP contribution < -0.4 is 0 Å². The number of carbonyl (C=O) groups excluding carboxylic acids is 1. The predicted octanol–water partition coefficient (Wildman–Crippen LogP) is 5.89. The van der Waals surface area contributed by atoms with E-state index in [-0.39, 0.29) is 11.9 Å². The first-order chi connectivity index (χ1) is 12.6. The van der Waals surface area contributed by atoms with E-state index in [0.29, 0.717) is 0 Å². The quantitative estimate of drug-likeness (QED) is 0.397. The fraction of sp³-hybridized carbons (Fsp3) is 0.286. The highest BCUT2D eigenvalue weighted by atomic mass is 79.9. The number of carbonyl (C=O) groups is 1. The Morgan fingerprint density at radius 1 is 1.15 bits per heavy atom. The molecule has 5 heteroatoms. The number of hydrogen-bond acceptors (Lipinski definition) is 1. The lowest BCUT2D eigenvalue weighted by atomic mass is 9.89. The molecule has 1 aliphatic heterocycles. The van der Waals surface area contributed by atoms with Crippen LogP contribution in [-0.4, -0.2) is 27.7 Å². The molecule has 1 N–H and O–H groups in total. The number of alkyl halides is 1. The monoisotopic (exact) mass is 430 g/mol. The molecule has 1 aliphatic rings. The lowest BCUT2D eigenvalue weighted by molar-refractivity contribution is -0.145. The standard InChI is InChI=1S/C21H20BrClN2O/c1-2-3-12-25-20(18(23)21(25)26)17-15-6-4-5-7-16(15)24-19(17)13-8-10-14(22)11-9-13/h4-11,18,20,24H,2-3,12H2,1H3/t18-,20-/m1/s1. The lowest BCUT2D eigenvalue weighted by Gasteiger charge is -2.45. The molecule has 134 valence electrons. The number of amides is 1. The third-order valence-electron chi connectivity index (χ3n) is 5.06. The minimum atomic E-state index is -0.500. The van der Waals surface area contributed by atoms with Crippen LogP contribution in [0.3, 0.4) is 0 Å². The maximum Gasteiger partial charge on any atom is 0.243 e. The van der Waals surface area contributed by atoms with Crippen LogP contribution >= 0.6 is 27.5 Å². The molecule has 1 aromatic heterocycles. The second-order valence-corrected chi connectivity index (χ2v) is 8.08. The third-order valence-corrected chi connectivity index (χ3v) is 6.01. The van der Waals surface area contributed by atoms with Crippen LogP contribution in [0.4, 0.5) is 0 Å². The summed E-state index contributed by atoms with van der Waals surface area (Å²) < 4.78 is 1.04. The summed E-state index contributed by atoms with van der Waals surface area (Å²) >= 11 is 10.00. The van der Waals surface area contributed by atoms with Gasteiger partial charge >= 0.3 is 0 Å². The van der Waals surface area contributed by atoms with Gasteiger partial charge in [0.2, 0.25) is 5.91 Å². The fourth-order valence-electron chi connectivity index (χ4n) is 3.70. The Labute approximate surface area is 166 Å². The van der Waals surface area contributed by atoms with Gasteiger partial charge in [0.15, 0.2) is 0 Å². The molecule has 26 heavy (non-hydrogen) atoms. The number of aromatic amines is 1. The summed E-state index contributed by atoms with van der Waals surface area (Å²) in [6, 6.07) is 16.4. The molecular weight excluding hydrogens is 412 g/mol. The molecule has 0 saturated carbocycles. The van der Waals surface area contributed by atoms with Gasteiger partial charge in [-0.05, 0) is 30.2 Å². The van der Waals surface area contributed by atoms with Gasteiger partial charge in [-0.2, -0.15) is 0 Å². The van der Waals surface area contributed by atoms with Crippen molar-refractivity contribution in [2.24, 2.45) is 0 Å². The highest BCUT2D eigenvalue weighted by Gasteiger charge is 2.48. The topological polar surface area (TPSA) is 36.1 Å². The highest BCUT2D eigenvalue weighted by molar-refractivity contribution is 9.10. The number of benzene rings is 2. The molecule has 4 rings (SSSR count). The summed E-state index contributed by atoms with van der Waals surface area (Å²) in [5, 5.41) is 0.635. The van der Waals surface area contributed by atoms with Crippen LogP contribution in [-0.2, 0) is 4.79 Å². The Bertz CT molecular complexity index is 950. The minimum Gasteiger partial charge on any atom is -0.354 e. The van der Waals surface area contributed by atoms with Gasteiger partial charge in [0.25, 0.3) is 0 Å². The van der Waals surface area contributed by atoms with E-state index in [1.165, 1.54) is 0 Å². The van der Waals surface area contributed by atoms with Gasteiger partial charge in [0.1, 0.15) is 5.38 Å². The first kappa shape index (κ1) is 17.6. The minimum absolute atomic E-state index is 0.0390. The van der Waals surface area contributed by atoms with Gasteiger partial charge in [0, 0.05) is 27.5 Å². The Kier molecular flexibility index (Phi) is 4.80. The molecule has 3 nitrogen and oxygen atoms in total. The first-order valence-corrected chi connectivity index (χ1v) is 10.2. The number of hydrogen-bond donors (Lipinski definition) is 1. The van der Waals surface area contributed by atoms with Crippen molar-refractivity contribution in [1.29, 1.82) is 0 Å². The van der Waals surface area contributed by atoms with Crippen molar-refractivity contribution >= 4 is 44.3 Å². The largest absolute Gasteiger partial charge is 0.354 e. The summed E-state index contributed by atoms with van der Waals surface area (Å²) in [5.41, 5.74) is 4.33. The Balaban J connectivity index is 1.86. The number of nitrogens with one attached hydrogen (secondary N) is 1. The number of rotatable bonds is 5. The van der Waals surface area contributed by atoms with Crippen molar-refractivity contribution in [3.8, 4) is 11.3 Å². The number of unbranched alkanes of at least 4 members (excludes halogenated alkanes) is 1. The van der Waals surface area contributed by atoms with E-state index in [9.17, 15) is 4.79 Å². The average molecular weight is 432 g/mol. The van der Waals surface area contributed by atoms with Crippen LogP contribution in [0.2, 0.25) is 0 Å². The molecule has 0 spiro atoms.